The number of aliphatic hydroxyl groups excluding tert-OH is 1. The third-order valence-electron chi connectivity index (χ3n) is 17.2. The average Bonchev–Trinajstić information content (AvgIpc) is 3.69. The smallest absolute Gasteiger partial charge is 0.462 e. The van der Waals surface area contributed by atoms with Gasteiger partial charge in [0, 0.05) is 25.7 Å². The molecule has 17 nitrogen and oxygen atoms in total. The quantitative estimate of drug-likeness (QED) is 0.0222. The van der Waals surface area contributed by atoms with E-state index >= 15 is 0 Å². The topological polar surface area (TPSA) is 237 Å². The Labute approximate surface area is 562 Å². The molecule has 3 unspecified atom stereocenters. The second kappa shape index (κ2) is 62.6. The number of carbonyl (C=O) groups is 4. The van der Waals surface area contributed by atoms with Gasteiger partial charge in [-0.1, -0.05) is 312 Å². The maximum absolute atomic E-state index is 13.0. The molecule has 6 atom stereocenters. The summed E-state index contributed by atoms with van der Waals surface area (Å²) in [5, 5.41) is 10.6. The molecule has 0 amide bonds. The predicted octanol–water partition coefficient (Wildman–Crippen LogP) is 20.9. The highest BCUT2D eigenvalue weighted by Crippen LogP contribution is 2.45. The first-order valence-electron chi connectivity index (χ1n) is 37.7. The number of phosphoric ester groups is 2. The van der Waals surface area contributed by atoms with E-state index in [0.717, 1.165) is 114 Å². The monoisotopic (exact) mass is 1350 g/mol. The number of aliphatic hydroxyl groups is 1. The molecule has 0 heterocycles. The SMILES string of the molecule is CCC(C)CCCCCCCCCCC(=O)O[C@H](COC(=O)CCCCCCCCC(C)C)COP(=O)(O)OC[C@H](O)COP(=O)(O)OC[C@@H](COC(=O)CCCCCCCCCCCCCCCCCCC(C)C)OC(=O)CCCCCCCCCCCC(C)C. The molecule has 0 aromatic rings. The van der Waals surface area contributed by atoms with Crippen LogP contribution < -0.4 is 0 Å². The van der Waals surface area contributed by atoms with E-state index in [9.17, 15) is 43.2 Å². The van der Waals surface area contributed by atoms with E-state index in [1.54, 1.807) is 0 Å². The van der Waals surface area contributed by atoms with Gasteiger partial charge in [0.25, 0.3) is 0 Å². The van der Waals surface area contributed by atoms with Crippen LogP contribution in [0.3, 0.4) is 0 Å². The van der Waals surface area contributed by atoms with Crippen molar-refractivity contribution in [3.63, 3.8) is 0 Å². The van der Waals surface area contributed by atoms with Crippen molar-refractivity contribution >= 4 is 39.5 Å². The van der Waals surface area contributed by atoms with Gasteiger partial charge < -0.3 is 33.8 Å². The summed E-state index contributed by atoms with van der Waals surface area (Å²) in [7, 11) is -9.91. The van der Waals surface area contributed by atoms with Crippen molar-refractivity contribution in [1.29, 1.82) is 0 Å². The summed E-state index contributed by atoms with van der Waals surface area (Å²) in [6.07, 6.45) is 46.0. The van der Waals surface area contributed by atoms with Gasteiger partial charge in [-0.15, -0.1) is 0 Å². The van der Waals surface area contributed by atoms with Gasteiger partial charge in [0.15, 0.2) is 12.2 Å². The second-order valence-electron chi connectivity index (χ2n) is 28.0. The normalized spacial score (nSPS) is 14.5. The lowest BCUT2D eigenvalue weighted by Crippen LogP contribution is -2.30. The number of ether oxygens (including phenoxy) is 4. The van der Waals surface area contributed by atoms with Gasteiger partial charge in [0.05, 0.1) is 26.4 Å². The number of phosphoric acid groups is 2. The van der Waals surface area contributed by atoms with Gasteiger partial charge in [-0.2, -0.15) is 0 Å². The molecule has 0 bridgehead atoms. The van der Waals surface area contributed by atoms with E-state index in [0.29, 0.717) is 31.6 Å². The molecule has 0 saturated carbocycles. The molecule has 3 N–H and O–H groups in total. The van der Waals surface area contributed by atoms with Crippen molar-refractivity contribution < 1.29 is 80.2 Å². The Hall–Kier alpha value is -1.94. The zero-order valence-electron chi connectivity index (χ0n) is 60.2. The van der Waals surface area contributed by atoms with Crippen LogP contribution in [0.2, 0.25) is 0 Å². The van der Waals surface area contributed by atoms with Gasteiger partial charge >= 0.3 is 39.5 Å². The molecule has 19 heteroatoms. The Morgan fingerprint density at radius 1 is 0.304 bits per heavy atom. The van der Waals surface area contributed by atoms with Gasteiger partial charge in [0.2, 0.25) is 0 Å². The molecule has 0 fully saturated rings. The number of hydrogen-bond acceptors (Lipinski definition) is 15. The zero-order chi connectivity index (χ0) is 68.2. The first-order valence-corrected chi connectivity index (χ1v) is 40.7. The minimum atomic E-state index is -4.95. The number of esters is 4. The molecule has 0 rings (SSSR count). The second-order valence-corrected chi connectivity index (χ2v) is 30.9. The van der Waals surface area contributed by atoms with Crippen LogP contribution in [0.4, 0.5) is 0 Å². The van der Waals surface area contributed by atoms with Crippen LogP contribution in [0.15, 0.2) is 0 Å². The maximum Gasteiger partial charge on any atom is 0.472 e. The lowest BCUT2D eigenvalue weighted by atomic mass is 9.99. The number of unbranched alkanes of at least 4 members (excludes halogenated alkanes) is 35. The van der Waals surface area contributed by atoms with Crippen LogP contribution in [0, 0.1) is 23.7 Å². The first kappa shape index (κ1) is 90.1. The Morgan fingerprint density at radius 3 is 0.772 bits per heavy atom. The molecule has 0 aromatic carbocycles. The molecule has 0 saturated heterocycles. The van der Waals surface area contributed by atoms with Crippen LogP contribution in [0.25, 0.3) is 0 Å². The van der Waals surface area contributed by atoms with Gasteiger partial charge in [-0.05, 0) is 49.4 Å². The number of hydrogen-bond donors (Lipinski definition) is 3. The third kappa shape index (κ3) is 65.4. The molecule has 0 radical (unpaired) electrons. The van der Waals surface area contributed by atoms with E-state index < -0.39 is 97.5 Å². The average molecular weight is 1350 g/mol. The Kier molecular flexibility index (Phi) is 61.3. The largest absolute Gasteiger partial charge is 0.472 e. The molecular weight excluding hydrogens is 1210 g/mol. The van der Waals surface area contributed by atoms with E-state index in [4.69, 9.17) is 37.0 Å². The van der Waals surface area contributed by atoms with Crippen molar-refractivity contribution in [1.82, 2.24) is 0 Å². The Balaban J connectivity index is 5.20. The lowest BCUT2D eigenvalue weighted by molar-refractivity contribution is -0.161. The van der Waals surface area contributed by atoms with Crippen molar-refractivity contribution in [2.45, 2.75) is 382 Å². The summed E-state index contributed by atoms with van der Waals surface area (Å²) >= 11 is 0. The van der Waals surface area contributed by atoms with Crippen LogP contribution in [0.1, 0.15) is 364 Å². The van der Waals surface area contributed by atoms with Crippen LogP contribution in [0.5, 0.6) is 0 Å². The van der Waals surface area contributed by atoms with Crippen molar-refractivity contribution in [3.8, 4) is 0 Å². The molecule has 0 aromatic heterocycles. The summed E-state index contributed by atoms with van der Waals surface area (Å²) in [6, 6.07) is 0. The Morgan fingerprint density at radius 2 is 0.522 bits per heavy atom. The summed E-state index contributed by atoms with van der Waals surface area (Å²) in [5.74, 6) is 0.869. The van der Waals surface area contributed by atoms with Crippen molar-refractivity contribution in [3.05, 3.63) is 0 Å². The zero-order valence-corrected chi connectivity index (χ0v) is 62.0. The standard InChI is InChI=1S/C73H142O17P2/c1-9-66(8)52-44-36-27-23-24-30-40-48-56-73(78)90-69(60-84-71(76)54-46-38-32-31-35-43-51-65(6)7)62-88-92(81,82)86-58-67(74)57-85-91(79,80)87-61-68(89-72(77)55-47-39-29-22-18-20-26-34-42-50-64(4)5)59-83-70(75)53-45-37-28-21-17-15-13-11-10-12-14-16-19-25-33-41-49-63(2)3/h63-69,74H,9-62H2,1-8H3,(H,79,80)(H,81,82)/t66?,67-,68-,69-/m1/s1. The minimum Gasteiger partial charge on any atom is -0.462 e. The molecule has 546 valence electrons. The van der Waals surface area contributed by atoms with Gasteiger partial charge in [-0.25, -0.2) is 9.13 Å². The Bertz CT molecular complexity index is 1820. The molecule has 0 aliphatic carbocycles. The highest BCUT2D eigenvalue weighted by atomic mass is 31.2. The van der Waals surface area contributed by atoms with Crippen LogP contribution >= 0.6 is 15.6 Å². The van der Waals surface area contributed by atoms with Crippen LogP contribution in [-0.2, 0) is 65.4 Å². The summed E-state index contributed by atoms with van der Waals surface area (Å²) in [6.45, 7) is 14.1. The molecule has 0 aliphatic rings. The molecule has 92 heavy (non-hydrogen) atoms. The summed E-state index contributed by atoms with van der Waals surface area (Å²) < 4.78 is 68.3. The maximum atomic E-state index is 13.0. The van der Waals surface area contributed by atoms with E-state index in [1.165, 1.54) is 161 Å². The number of rotatable bonds is 70. The molecular formula is C73H142O17P2. The predicted molar refractivity (Wildman–Crippen MR) is 372 cm³/mol. The van der Waals surface area contributed by atoms with Gasteiger partial charge in [-0.3, -0.25) is 37.3 Å². The van der Waals surface area contributed by atoms with E-state index in [-0.39, 0.29) is 25.7 Å². The fourth-order valence-corrected chi connectivity index (χ4v) is 12.6. The van der Waals surface area contributed by atoms with Crippen LogP contribution in [-0.4, -0.2) is 96.7 Å². The minimum absolute atomic E-state index is 0.103. The fourth-order valence-electron chi connectivity index (χ4n) is 11.0. The van der Waals surface area contributed by atoms with Gasteiger partial charge in [0.1, 0.15) is 19.3 Å². The first-order chi connectivity index (χ1) is 44.1. The lowest BCUT2D eigenvalue weighted by Gasteiger charge is -2.21. The van der Waals surface area contributed by atoms with E-state index in [2.05, 4.69) is 55.4 Å². The molecule has 0 spiro atoms. The fraction of sp³-hybridized carbons (Fsp3) is 0.945. The van der Waals surface area contributed by atoms with E-state index in [1.807, 2.05) is 0 Å². The summed E-state index contributed by atoms with van der Waals surface area (Å²) in [5.41, 5.74) is 0. The highest BCUT2D eigenvalue weighted by Gasteiger charge is 2.30. The molecule has 0 aliphatic heterocycles. The van der Waals surface area contributed by atoms with Crippen molar-refractivity contribution in [2.24, 2.45) is 23.7 Å². The van der Waals surface area contributed by atoms with Crippen molar-refractivity contribution in [2.75, 3.05) is 39.6 Å². The highest BCUT2D eigenvalue weighted by molar-refractivity contribution is 7.47. The summed E-state index contributed by atoms with van der Waals surface area (Å²) in [4.78, 5) is 72.6. The number of carbonyl (C=O) groups excluding carboxylic acids is 4. The third-order valence-corrected chi connectivity index (χ3v) is 19.1.